The van der Waals surface area contributed by atoms with Gasteiger partial charge >= 0.3 is 0 Å². The summed E-state index contributed by atoms with van der Waals surface area (Å²) in [5.74, 6) is 0.103. The van der Waals surface area contributed by atoms with Gasteiger partial charge in [-0.2, -0.15) is 0 Å². The Kier molecular flexibility index (Phi) is 5.10. The van der Waals surface area contributed by atoms with Crippen LogP contribution >= 0.6 is 11.3 Å². The lowest BCUT2D eigenvalue weighted by Gasteiger charge is -2.39. The highest BCUT2D eigenvalue weighted by Gasteiger charge is 2.40. The monoisotopic (exact) mass is 405 g/mol. The second-order valence-corrected chi connectivity index (χ2v) is 9.61. The maximum absolute atomic E-state index is 11.4. The summed E-state index contributed by atoms with van der Waals surface area (Å²) in [4.78, 5) is 18.8. The van der Waals surface area contributed by atoms with Crippen molar-refractivity contribution in [2.75, 3.05) is 0 Å². The predicted molar refractivity (Wildman–Crippen MR) is 118 cm³/mol. The Hall–Kier alpha value is -2.24. The molecule has 2 saturated heterocycles. The van der Waals surface area contributed by atoms with Crippen molar-refractivity contribution in [3.05, 3.63) is 64.7 Å². The number of carbonyl (C=O) groups excluding carboxylic acids is 1. The molecule has 1 aromatic heterocycles. The molecule has 0 aliphatic carbocycles. The first-order chi connectivity index (χ1) is 14.1. The summed E-state index contributed by atoms with van der Waals surface area (Å²) in [5.41, 5.74) is 3.80. The fourth-order valence-corrected chi connectivity index (χ4v) is 6.08. The maximum Gasteiger partial charge on any atom is 0.217 e. The topological polar surface area (TPSA) is 45.2 Å². The molecular weight excluding hydrogens is 378 g/mol. The molecule has 5 heteroatoms. The number of benzene rings is 2. The zero-order valence-corrected chi connectivity index (χ0v) is 17.6. The molecule has 4 nitrogen and oxygen atoms in total. The fourth-order valence-electron chi connectivity index (χ4n) is 5.08. The lowest BCUT2D eigenvalue weighted by molar-refractivity contribution is -0.120. The first-order valence-electron chi connectivity index (χ1n) is 10.6. The number of hydrogen-bond acceptors (Lipinski definition) is 4. The summed E-state index contributed by atoms with van der Waals surface area (Å²) >= 11 is 1.79. The van der Waals surface area contributed by atoms with E-state index in [9.17, 15) is 4.79 Å². The standard InChI is InChI=1S/C24H27N3OS/c1-16(28)25-19-13-20-10-11-21(14-19)27(20)15-18-8-6-17(7-9-18)12-24-26-22-4-2-3-5-23(22)29-24/h2-9,19-21H,10-15H2,1H3,(H,25,28)/t20-,21-/m1/s1. The normalized spacial score (nSPS) is 24.1. The summed E-state index contributed by atoms with van der Waals surface area (Å²) in [5, 5.41) is 4.31. The number of fused-ring (bicyclic) bond motifs is 3. The molecule has 2 aromatic carbocycles. The molecule has 2 fully saturated rings. The van der Waals surface area contributed by atoms with Gasteiger partial charge in [-0.05, 0) is 48.9 Å². The van der Waals surface area contributed by atoms with Crippen LogP contribution in [0.15, 0.2) is 48.5 Å². The van der Waals surface area contributed by atoms with Gasteiger partial charge in [0, 0.05) is 38.0 Å². The van der Waals surface area contributed by atoms with Gasteiger partial charge in [-0.3, -0.25) is 9.69 Å². The molecular formula is C24H27N3OS. The number of nitrogens with zero attached hydrogens (tertiary/aromatic N) is 2. The first-order valence-corrected chi connectivity index (χ1v) is 11.4. The summed E-state index contributed by atoms with van der Waals surface area (Å²) < 4.78 is 1.26. The highest BCUT2D eigenvalue weighted by atomic mass is 32.1. The van der Waals surface area contributed by atoms with Crippen molar-refractivity contribution in [1.29, 1.82) is 0 Å². The summed E-state index contributed by atoms with van der Waals surface area (Å²) in [6.07, 6.45) is 5.59. The minimum Gasteiger partial charge on any atom is -0.353 e. The molecule has 2 atom stereocenters. The lowest BCUT2D eigenvalue weighted by Crippen LogP contribution is -2.49. The number of amides is 1. The number of aromatic nitrogens is 1. The van der Waals surface area contributed by atoms with Gasteiger partial charge in [-0.15, -0.1) is 11.3 Å². The smallest absolute Gasteiger partial charge is 0.217 e. The summed E-state index contributed by atoms with van der Waals surface area (Å²) in [6.45, 7) is 2.65. The van der Waals surface area contributed by atoms with Crippen LogP contribution in [-0.2, 0) is 17.8 Å². The number of piperidine rings is 1. The largest absolute Gasteiger partial charge is 0.353 e. The molecule has 29 heavy (non-hydrogen) atoms. The molecule has 1 N–H and O–H groups in total. The first kappa shape index (κ1) is 18.8. The number of thiazole rings is 1. The fraction of sp³-hybridized carbons (Fsp3) is 0.417. The van der Waals surface area contributed by atoms with Gasteiger partial charge in [0.2, 0.25) is 5.91 Å². The van der Waals surface area contributed by atoms with E-state index in [1.807, 2.05) is 6.07 Å². The van der Waals surface area contributed by atoms with Gasteiger partial charge in [0.05, 0.1) is 15.2 Å². The third-order valence-corrected chi connectivity index (χ3v) is 7.41. The van der Waals surface area contributed by atoms with Gasteiger partial charge in [-0.25, -0.2) is 4.98 Å². The van der Waals surface area contributed by atoms with Crippen molar-refractivity contribution >= 4 is 27.5 Å². The average molecular weight is 406 g/mol. The van der Waals surface area contributed by atoms with Crippen LogP contribution in [0.2, 0.25) is 0 Å². The Labute approximate surface area is 176 Å². The van der Waals surface area contributed by atoms with Crippen LogP contribution in [-0.4, -0.2) is 33.9 Å². The highest BCUT2D eigenvalue weighted by Crippen LogP contribution is 2.37. The molecule has 3 aromatic rings. The molecule has 0 unspecified atom stereocenters. The Morgan fingerprint density at radius 2 is 1.76 bits per heavy atom. The van der Waals surface area contributed by atoms with E-state index in [2.05, 4.69) is 52.7 Å². The molecule has 3 heterocycles. The van der Waals surface area contributed by atoms with Crippen LogP contribution in [0, 0.1) is 0 Å². The van der Waals surface area contributed by atoms with E-state index in [0.717, 1.165) is 31.3 Å². The van der Waals surface area contributed by atoms with Crippen molar-refractivity contribution in [3.8, 4) is 0 Å². The van der Waals surface area contributed by atoms with Crippen LogP contribution in [0.5, 0.6) is 0 Å². The molecule has 0 radical (unpaired) electrons. The van der Waals surface area contributed by atoms with E-state index in [0.29, 0.717) is 18.1 Å². The van der Waals surface area contributed by atoms with Gasteiger partial charge in [-0.1, -0.05) is 36.4 Å². The maximum atomic E-state index is 11.4. The van der Waals surface area contributed by atoms with E-state index in [4.69, 9.17) is 4.98 Å². The van der Waals surface area contributed by atoms with Gasteiger partial charge in [0.15, 0.2) is 0 Å². The van der Waals surface area contributed by atoms with Gasteiger partial charge < -0.3 is 5.32 Å². The summed E-state index contributed by atoms with van der Waals surface area (Å²) in [6, 6.07) is 19.0. The highest BCUT2D eigenvalue weighted by molar-refractivity contribution is 7.18. The Balaban J connectivity index is 1.22. The predicted octanol–water partition coefficient (Wildman–Crippen LogP) is 4.52. The van der Waals surface area contributed by atoms with Crippen molar-refractivity contribution < 1.29 is 4.79 Å². The molecule has 2 aliphatic rings. The van der Waals surface area contributed by atoms with E-state index >= 15 is 0 Å². The number of nitrogens with one attached hydrogen (secondary N) is 1. The Morgan fingerprint density at radius 1 is 1.07 bits per heavy atom. The molecule has 2 aliphatic heterocycles. The minimum atomic E-state index is 0.103. The van der Waals surface area contributed by atoms with Crippen LogP contribution in [0.25, 0.3) is 10.2 Å². The van der Waals surface area contributed by atoms with Crippen molar-refractivity contribution in [1.82, 2.24) is 15.2 Å². The van der Waals surface area contributed by atoms with Crippen LogP contribution in [0.3, 0.4) is 0 Å². The minimum absolute atomic E-state index is 0.103. The van der Waals surface area contributed by atoms with Crippen LogP contribution < -0.4 is 5.32 Å². The molecule has 0 spiro atoms. The van der Waals surface area contributed by atoms with Gasteiger partial charge in [0.1, 0.15) is 0 Å². The quantitative estimate of drug-likeness (QED) is 0.679. The van der Waals surface area contributed by atoms with E-state index in [-0.39, 0.29) is 5.91 Å². The molecule has 1 amide bonds. The summed E-state index contributed by atoms with van der Waals surface area (Å²) in [7, 11) is 0. The van der Waals surface area contributed by atoms with Crippen molar-refractivity contribution in [2.45, 2.75) is 63.7 Å². The Morgan fingerprint density at radius 3 is 2.45 bits per heavy atom. The van der Waals surface area contributed by atoms with Crippen molar-refractivity contribution in [2.24, 2.45) is 0 Å². The Bertz CT molecular complexity index is 965. The molecule has 2 bridgehead atoms. The number of para-hydroxylation sites is 1. The molecule has 150 valence electrons. The second kappa shape index (κ2) is 7.88. The lowest BCUT2D eigenvalue weighted by atomic mass is 9.96. The van der Waals surface area contributed by atoms with Crippen molar-refractivity contribution in [3.63, 3.8) is 0 Å². The van der Waals surface area contributed by atoms with E-state index < -0.39 is 0 Å². The molecule has 5 rings (SSSR count). The van der Waals surface area contributed by atoms with Crippen LogP contribution in [0.1, 0.15) is 48.7 Å². The van der Waals surface area contributed by atoms with Gasteiger partial charge in [0.25, 0.3) is 0 Å². The zero-order valence-electron chi connectivity index (χ0n) is 16.8. The number of hydrogen-bond donors (Lipinski definition) is 1. The zero-order chi connectivity index (χ0) is 19.8. The second-order valence-electron chi connectivity index (χ2n) is 8.49. The number of rotatable bonds is 5. The number of carbonyl (C=O) groups is 1. The van der Waals surface area contributed by atoms with E-state index in [1.165, 1.54) is 33.7 Å². The van der Waals surface area contributed by atoms with E-state index in [1.54, 1.807) is 18.3 Å². The van der Waals surface area contributed by atoms with Crippen LogP contribution in [0.4, 0.5) is 0 Å². The molecule has 0 saturated carbocycles. The third-order valence-electron chi connectivity index (χ3n) is 6.37. The third kappa shape index (κ3) is 4.07. The average Bonchev–Trinajstić information content (AvgIpc) is 3.20. The SMILES string of the molecule is CC(=O)NC1C[C@H]2CC[C@H](C1)N2Cc1ccc(Cc2nc3ccccc3s2)cc1.